The van der Waals surface area contributed by atoms with Crippen LogP contribution in [-0.2, 0) is 4.79 Å². The maximum Gasteiger partial charge on any atom is 0.344 e. The van der Waals surface area contributed by atoms with Crippen molar-refractivity contribution in [2.75, 3.05) is 0 Å². The van der Waals surface area contributed by atoms with Crippen molar-refractivity contribution < 1.29 is 14.4 Å². The van der Waals surface area contributed by atoms with Crippen LogP contribution in [0.3, 0.4) is 0 Å². The lowest BCUT2D eigenvalue weighted by Gasteiger charge is -2.30. The van der Waals surface area contributed by atoms with E-state index in [0.29, 0.717) is 0 Å². The SMILES string of the molecule is N#CN1C(=O)NC2(Cl)NC(=O)N=C2C1=O. The Labute approximate surface area is 87.5 Å². The van der Waals surface area contributed by atoms with Gasteiger partial charge in [0, 0.05) is 0 Å². The quantitative estimate of drug-likeness (QED) is 0.316. The fourth-order valence-corrected chi connectivity index (χ4v) is 1.48. The van der Waals surface area contributed by atoms with Crippen LogP contribution < -0.4 is 10.6 Å². The van der Waals surface area contributed by atoms with Crippen molar-refractivity contribution in [3.05, 3.63) is 0 Å². The number of hydrogen-bond acceptors (Lipinski definition) is 4. The summed E-state index contributed by atoms with van der Waals surface area (Å²) in [5, 5.41) is 10.8. The zero-order valence-electron chi connectivity index (χ0n) is 6.94. The second-order valence-corrected chi connectivity index (χ2v) is 3.29. The van der Waals surface area contributed by atoms with Gasteiger partial charge in [0.25, 0.3) is 5.91 Å². The zero-order valence-corrected chi connectivity index (χ0v) is 7.70. The molecule has 1 unspecified atom stereocenters. The largest absolute Gasteiger partial charge is 0.344 e. The number of imide groups is 1. The van der Waals surface area contributed by atoms with Crippen LogP contribution in [-0.4, -0.2) is 33.7 Å². The van der Waals surface area contributed by atoms with E-state index in [9.17, 15) is 14.4 Å². The summed E-state index contributed by atoms with van der Waals surface area (Å²) in [6.45, 7) is 0. The molecule has 2 rings (SSSR count). The number of nitrogens with one attached hydrogen (secondary N) is 2. The van der Waals surface area contributed by atoms with Crippen LogP contribution in [0.5, 0.6) is 0 Å². The average Bonchev–Trinajstić information content (AvgIpc) is 2.41. The summed E-state index contributed by atoms with van der Waals surface area (Å²) >= 11 is 5.73. The van der Waals surface area contributed by atoms with Crippen molar-refractivity contribution in [2.24, 2.45) is 4.99 Å². The molecule has 2 aliphatic rings. The maximum absolute atomic E-state index is 11.4. The van der Waals surface area contributed by atoms with Crippen LogP contribution in [0.4, 0.5) is 9.59 Å². The fraction of sp³-hybridized carbons (Fsp3) is 0.167. The molecule has 0 radical (unpaired) electrons. The smallest absolute Gasteiger partial charge is 0.295 e. The topological polar surface area (TPSA) is 115 Å². The van der Waals surface area contributed by atoms with Crippen LogP contribution in [0, 0.1) is 11.5 Å². The Balaban J connectivity index is 2.49. The van der Waals surface area contributed by atoms with Gasteiger partial charge in [-0.15, -0.1) is 0 Å². The van der Waals surface area contributed by atoms with E-state index in [4.69, 9.17) is 16.9 Å². The van der Waals surface area contributed by atoms with Crippen LogP contribution in [0.15, 0.2) is 4.99 Å². The lowest BCUT2D eigenvalue weighted by molar-refractivity contribution is -0.120. The Hall–Kier alpha value is -2.14. The minimum atomic E-state index is -1.83. The van der Waals surface area contributed by atoms with Gasteiger partial charge in [-0.05, 0) is 0 Å². The van der Waals surface area contributed by atoms with Crippen molar-refractivity contribution in [1.29, 1.82) is 5.26 Å². The highest BCUT2D eigenvalue weighted by atomic mass is 35.5. The molecule has 0 aromatic rings. The molecule has 1 saturated heterocycles. The first kappa shape index (κ1) is 9.42. The predicted octanol–water partition coefficient (Wildman–Crippen LogP) is -0.924. The highest BCUT2D eigenvalue weighted by molar-refractivity contribution is 6.59. The normalized spacial score (nSPS) is 28.9. The van der Waals surface area contributed by atoms with E-state index >= 15 is 0 Å². The molecule has 8 nitrogen and oxygen atoms in total. The minimum absolute atomic E-state index is 0.222. The standard InChI is InChI=1S/C6H2ClN5O3/c7-6-2(9-4(14)10-6)3(13)12(1-8)5(15)11-6/h(H,10,14)(H,11,15). The van der Waals surface area contributed by atoms with Gasteiger partial charge >= 0.3 is 12.1 Å². The Kier molecular flexibility index (Phi) is 1.68. The van der Waals surface area contributed by atoms with E-state index in [0.717, 1.165) is 0 Å². The first-order chi connectivity index (χ1) is 6.98. The highest BCUT2D eigenvalue weighted by Gasteiger charge is 2.53. The van der Waals surface area contributed by atoms with Gasteiger partial charge in [-0.25, -0.2) is 9.59 Å². The first-order valence-corrected chi connectivity index (χ1v) is 4.02. The van der Waals surface area contributed by atoms with E-state index < -0.39 is 28.8 Å². The molecule has 2 heterocycles. The molecule has 0 aromatic carbocycles. The molecule has 1 atom stereocenters. The molecule has 0 bridgehead atoms. The van der Waals surface area contributed by atoms with Crippen LogP contribution in [0.1, 0.15) is 0 Å². The molecular weight excluding hydrogens is 226 g/mol. The molecule has 9 heteroatoms. The molecule has 5 amide bonds. The van der Waals surface area contributed by atoms with Crippen LogP contribution >= 0.6 is 11.6 Å². The van der Waals surface area contributed by atoms with E-state index in [1.165, 1.54) is 6.19 Å². The Bertz CT molecular complexity index is 466. The van der Waals surface area contributed by atoms with Gasteiger partial charge in [-0.3, -0.25) is 15.4 Å². The number of carbonyl (C=O) groups is 3. The van der Waals surface area contributed by atoms with Crippen molar-refractivity contribution in [1.82, 2.24) is 15.5 Å². The van der Waals surface area contributed by atoms with Crippen LogP contribution in [0.2, 0.25) is 0 Å². The number of urea groups is 2. The Morgan fingerprint density at radius 3 is 2.67 bits per heavy atom. The van der Waals surface area contributed by atoms with Crippen molar-refractivity contribution in [3.8, 4) is 6.19 Å². The number of fused-ring (bicyclic) bond motifs is 1. The Morgan fingerprint density at radius 2 is 2.07 bits per heavy atom. The molecule has 2 aliphatic heterocycles. The number of alkyl halides is 1. The van der Waals surface area contributed by atoms with Gasteiger partial charge in [0.05, 0.1) is 0 Å². The number of aliphatic imine (C=N–C) groups is 1. The molecule has 1 fully saturated rings. The van der Waals surface area contributed by atoms with Crippen molar-refractivity contribution in [3.63, 3.8) is 0 Å². The third kappa shape index (κ3) is 1.14. The zero-order chi connectivity index (χ0) is 11.2. The second kappa shape index (κ2) is 2.68. The third-order valence-corrected chi connectivity index (χ3v) is 2.17. The van der Waals surface area contributed by atoms with Gasteiger partial charge in [-0.1, -0.05) is 11.6 Å². The first-order valence-electron chi connectivity index (χ1n) is 3.64. The predicted molar refractivity (Wildman–Crippen MR) is 45.5 cm³/mol. The van der Waals surface area contributed by atoms with Gasteiger partial charge in [-0.2, -0.15) is 15.2 Å². The lowest BCUT2D eigenvalue weighted by atomic mass is 10.2. The minimum Gasteiger partial charge on any atom is -0.295 e. The van der Waals surface area contributed by atoms with Gasteiger partial charge < -0.3 is 0 Å². The molecule has 0 aliphatic carbocycles. The van der Waals surface area contributed by atoms with E-state index in [2.05, 4.69) is 15.6 Å². The number of halogens is 1. The fourth-order valence-electron chi connectivity index (χ4n) is 1.19. The van der Waals surface area contributed by atoms with Crippen molar-refractivity contribution in [2.45, 2.75) is 5.12 Å². The number of rotatable bonds is 0. The third-order valence-electron chi connectivity index (χ3n) is 1.81. The van der Waals surface area contributed by atoms with E-state index in [1.54, 1.807) is 0 Å². The van der Waals surface area contributed by atoms with Crippen molar-refractivity contribution >= 4 is 35.3 Å². The summed E-state index contributed by atoms with van der Waals surface area (Å²) in [5.41, 5.74) is -0.421. The number of nitrogens with zero attached hydrogens (tertiary/aromatic N) is 3. The molecule has 0 aromatic heterocycles. The summed E-state index contributed by atoms with van der Waals surface area (Å²) < 4.78 is 0. The molecule has 15 heavy (non-hydrogen) atoms. The highest BCUT2D eigenvalue weighted by Crippen LogP contribution is 2.22. The summed E-state index contributed by atoms with van der Waals surface area (Å²) in [6, 6.07) is -1.87. The molecule has 76 valence electrons. The Morgan fingerprint density at radius 1 is 1.40 bits per heavy atom. The molecule has 2 N–H and O–H groups in total. The van der Waals surface area contributed by atoms with Gasteiger partial charge in [0.15, 0.2) is 11.9 Å². The summed E-state index contributed by atoms with van der Waals surface area (Å²) in [6.07, 6.45) is 1.34. The van der Waals surface area contributed by atoms with Crippen LogP contribution in [0.25, 0.3) is 0 Å². The summed E-state index contributed by atoms with van der Waals surface area (Å²) in [4.78, 5) is 37.0. The number of nitriles is 1. The number of carbonyl (C=O) groups excluding carboxylic acids is 3. The average molecular weight is 228 g/mol. The number of amides is 5. The lowest BCUT2D eigenvalue weighted by Crippen LogP contribution is -2.68. The molecular formula is C6H2ClN5O3. The van der Waals surface area contributed by atoms with Gasteiger partial charge in [0.1, 0.15) is 0 Å². The van der Waals surface area contributed by atoms with Gasteiger partial charge in [0.2, 0.25) is 5.12 Å². The number of hydrogen-bond donors (Lipinski definition) is 2. The molecule has 0 spiro atoms. The summed E-state index contributed by atoms with van der Waals surface area (Å²) in [7, 11) is 0. The molecule has 0 saturated carbocycles. The van der Waals surface area contributed by atoms with E-state index in [1.807, 2.05) is 0 Å². The maximum atomic E-state index is 11.4. The summed E-state index contributed by atoms with van der Waals surface area (Å²) in [5.74, 6) is -1.02. The second-order valence-electron chi connectivity index (χ2n) is 2.72. The van der Waals surface area contributed by atoms with E-state index in [-0.39, 0.29) is 4.90 Å². The monoisotopic (exact) mass is 227 g/mol.